The molecule has 3 rings (SSSR count). The average Bonchev–Trinajstić information content (AvgIpc) is 3.03. The molecule has 1 fully saturated rings. The van der Waals surface area contributed by atoms with Gasteiger partial charge in [0, 0.05) is 11.8 Å². The molecule has 3 N–H and O–H groups in total. The second kappa shape index (κ2) is 7.53. The van der Waals surface area contributed by atoms with E-state index in [0.717, 1.165) is 12.8 Å². The lowest BCUT2D eigenvalue weighted by Crippen LogP contribution is -3.14. The Bertz CT molecular complexity index is 614. The molecule has 7 nitrogen and oxygen atoms in total. The van der Waals surface area contributed by atoms with Crippen LogP contribution in [0.5, 0.6) is 11.5 Å². The number of carbonyl (C=O) groups excluding carboxylic acids is 2. The molecule has 1 saturated carbocycles. The molecule has 2 aliphatic rings. The van der Waals surface area contributed by atoms with Gasteiger partial charge in [0.2, 0.25) is 6.79 Å². The van der Waals surface area contributed by atoms with Crippen molar-refractivity contribution in [1.29, 1.82) is 0 Å². The molecule has 1 aliphatic carbocycles. The first-order valence-electron chi connectivity index (χ1n) is 8.44. The zero-order valence-corrected chi connectivity index (χ0v) is 13.9. The van der Waals surface area contributed by atoms with Crippen molar-refractivity contribution in [2.75, 3.05) is 25.7 Å². The molecule has 1 aromatic rings. The predicted octanol–water partition coefficient (Wildman–Crippen LogP) is 0.911. The lowest BCUT2D eigenvalue weighted by Gasteiger charge is -2.27. The number of urea groups is 1. The minimum atomic E-state index is -0.532. The van der Waals surface area contributed by atoms with Gasteiger partial charge in [0.15, 0.2) is 18.0 Å². The number of imide groups is 1. The molecule has 1 unspecified atom stereocenters. The largest absolute Gasteiger partial charge is 0.454 e. The van der Waals surface area contributed by atoms with Crippen molar-refractivity contribution in [3.05, 3.63) is 18.2 Å². The van der Waals surface area contributed by atoms with E-state index >= 15 is 0 Å². The third-order valence-corrected chi connectivity index (χ3v) is 4.62. The van der Waals surface area contributed by atoms with E-state index in [0.29, 0.717) is 29.8 Å². The van der Waals surface area contributed by atoms with Gasteiger partial charge in [-0.25, -0.2) is 4.79 Å². The van der Waals surface area contributed by atoms with Gasteiger partial charge in [0.25, 0.3) is 5.91 Å². The Morgan fingerprint density at radius 3 is 2.71 bits per heavy atom. The molecule has 0 saturated heterocycles. The van der Waals surface area contributed by atoms with Gasteiger partial charge in [-0.3, -0.25) is 10.1 Å². The summed E-state index contributed by atoms with van der Waals surface area (Å²) in [5.74, 6) is 0.965. The van der Waals surface area contributed by atoms with Crippen LogP contribution in [-0.2, 0) is 4.79 Å². The lowest BCUT2D eigenvalue weighted by molar-refractivity contribution is -0.899. The van der Waals surface area contributed by atoms with Crippen LogP contribution >= 0.6 is 0 Å². The second-order valence-corrected chi connectivity index (χ2v) is 6.43. The Morgan fingerprint density at radius 1 is 1.17 bits per heavy atom. The first-order chi connectivity index (χ1) is 11.6. The third-order valence-electron chi connectivity index (χ3n) is 4.62. The van der Waals surface area contributed by atoms with Crippen LogP contribution in [0.1, 0.15) is 32.1 Å². The molecule has 24 heavy (non-hydrogen) atoms. The summed E-state index contributed by atoms with van der Waals surface area (Å²) >= 11 is 0. The minimum Gasteiger partial charge on any atom is -0.454 e. The maximum Gasteiger partial charge on any atom is 0.326 e. The molecule has 1 aromatic carbocycles. The zero-order valence-electron chi connectivity index (χ0n) is 13.9. The van der Waals surface area contributed by atoms with Gasteiger partial charge in [-0.15, -0.1) is 0 Å². The Kier molecular flexibility index (Phi) is 5.20. The van der Waals surface area contributed by atoms with Crippen molar-refractivity contribution in [3.63, 3.8) is 0 Å². The van der Waals surface area contributed by atoms with Crippen molar-refractivity contribution in [2.24, 2.45) is 0 Å². The molecule has 130 valence electrons. The minimum absolute atomic E-state index is 0.180. The molecular formula is C17H24N3O4+. The quantitative estimate of drug-likeness (QED) is 0.765. The number of likely N-dealkylation sites (N-methyl/N-ethyl adjacent to an activating group) is 1. The molecule has 0 spiro atoms. The van der Waals surface area contributed by atoms with Crippen molar-refractivity contribution in [1.82, 2.24) is 5.32 Å². The molecule has 1 heterocycles. The van der Waals surface area contributed by atoms with Gasteiger partial charge in [-0.1, -0.05) is 6.42 Å². The number of anilines is 1. The van der Waals surface area contributed by atoms with Crippen LogP contribution in [0.15, 0.2) is 18.2 Å². The number of hydrogen-bond acceptors (Lipinski definition) is 4. The van der Waals surface area contributed by atoms with Gasteiger partial charge in [0.05, 0.1) is 13.1 Å². The topological polar surface area (TPSA) is 81.1 Å². The fourth-order valence-electron chi connectivity index (χ4n) is 3.30. The lowest BCUT2D eigenvalue weighted by atomic mass is 9.94. The third kappa shape index (κ3) is 4.17. The first kappa shape index (κ1) is 16.6. The normalized spacial score (nSPS) is 18.0. The summed E-state index contributed by atoms with van der Waals surface area (Å²) in [5.41, 5.74) is 0.553. The standard InChI is InChI=1S/C17H23N3O4/c1-20(13-5-3-2-4-6-13)10-16(21)19-17(22)18-12-7-8-14-15(9-12)24-11-23-14/h7-9,13H,2-6,10-11H2,1H3,(H2,18,19,21,22)/p+1. The first-order valence-corrected chi connectivity index (χ1v) is 8.44. The zero-order chi connectivity index (χ0) is 16.9. The SMILES string of the molecule is C[NH+](CC(=O)NC(=O)Nc1ccc2c(c1)OCO2)C1CCCCC1. The van der Waals surface area contributed by atoms with Crippen LogP contribution in [0.2, 0.25) is 0 Å². The summed E-state index contributed by atoms with van der Waals surface area (Å²) in [6, 6.07) is 5.08. The molecule has 3 amide bonds. The highest BCUT2D eigenvalue weighted by Crippen LogP contribution is 2.34. The van der Waals surface area contributed by atoms with Crippen molar-refractivity contribution >= 4 is 17.6 Å². The second-order valence-electron chi connectivity index (χ2n) is 6.43. The highest BCUT2D eigenvalue weighted by atomic mass is 16.7. The number of carbonyl (C=O) groups is 2. The molecule has 1 atom stereocenters. The molecular weight excluding hydrogens is 310 g/mol. The molecule has 0 radical (unpaired) electrons. The number of hydrogen-bond donors (Lipinski definition) is 3. The van der Waals surface area contributed by atoms with Crippen LogP contribution in [-0.4, -0.2) is 38.4 Å². The highest BCUT2D eigenvalue weighted by Gasteiger charge is 2.24. The summed E-state index contributed by atoms with van der Waals surface area (Å²) in [6.45, 7) is 0.485. The number of fused-ring (bicyclic) bond motifs is 1. The summed E-state index contributed by atoms with van der Waals surface area (Å²) in [7, 11) is 2.02. The highest BCUT2D eigenvalue weighted by molar-refractivity contribution is 6.01. The van der Waals surface area contributed by atoms with E-state index in [-0.39, 0.29) is 12.7 Å². The van der Waals surface area contributed by atoms with Crippen molar-refractivity contribution < 1.29 is 24.0 Å². The maximum atomic E-state index is 12.0. The number of quaternary nitrogens is 1. The van der Waals surface area contributed by atoms with Gasteiger partial charge in [0.1, 0.15) is 0 Å². The van der Waals surface area contributed by atoms with E-state index in [1.165, 1.54) is 24.2 Å². The predicted molar refractivity (Wildman–Crippen MR) is 88.4 cm³/mol. The van der Waals surface area contributed by atoms with Crippen LogP contribution in [0.4, 0.5) is 10.5 Å². The Morgan fingerprint density at radius 2 is 1.92 bits per heavy atom. The molecule has 7 heteroatoms. The smallest absolute Gasteiger partial charge is 0.326 e. The average molecular weight is 334 g/mol. The van der Waals surface area contributed by atoms with Crippen molar-refractivity contribution in [2.45, 2.75) is 38.1 Å². The van der Waals surface area contributed by atoms with Crippen LogP contribution in [0.25, 0.3) is 0 Å². The summed E-state index contributed by atoms with van der Waals surface area (Å²) in [5, 5.41) is 5.02. The summed E-state index contributed by atoms with van der Waals surface area (Å²) < 4.78 is 10.5. The van der Waals surface area contributed by atoms with Crippen molar-refractivity contribution in [3.8, 4) is 11.5 Å². The Balaban J connectivity index is 1.46. The van der Waals surface area contributed by atoms with Crippen LogP contribution in [0, 0.1) is 0 Å². The fourth-order valence-corrected chi connectivity index (χ4v) is 3.30. The Labute approximate surface area is 141 Å². The monoisotopic (exact) mass is 334 g/mol. The maximum absolute atomic E-state index is 12.0. The van der Waals surface area contributed by atoms with E-state index in [2.05, 4.69) is 10.6 Å². The molecule has 0 aromatic heterocycles. The van der Waals surface area contributed by atoms with E-state index in [1.54, 1.807) is 18.2 Å². The molecule has 0 bridgehead atoms. The van der Waals surface area contributed by atoms with E-state index in [4.69, 9.17) is 9.47 Å². The number of amides is 3. The summed E-state index contributed by atoms with van der Waals surface area (Å²) in [4.78, 5) is 25.2. The van der Waals surface area contributed by atoms with Crippen LogP contribution in [0.3, 0.4) is 0 Å². The number of benzene rings is 1. The van der Waals surface area contributed by atoms with Gasteiger partial charge >= 0.3 is 6.03 Å². The van der Waals surface area contributed by atoms with Gasteiger partial charge < -0.3 is 19.7 Å². The number of ether oxygens (including phenoxy) is 2. The van der Waals surface area contributed by atoms with Gasteiger partial charge in [-0.05, 0) is 37.8 Å². The van der Waals surface area contributed by atoms with Crippen LogP contribution < -0.4 is 25.0 Å². The summed E-state index contributed by atoms with van der Waals surface area (Å²) in [6.07, 6.45) is 6.06. The van der Waals surface area contributed by atoms with E-state index < -0.39 is 6.03 Å². The van der Waals surface area contributed by atoms with Gasteiger partial charge in [-0.2, -0.15) is 0 Å². The fraction of sp³-hybridized carbons (Fsp3) is 0.529. The number of rotatable bonds is 4. The molecule has 1 aliphatic heterocycles. The van der Waals surface area contributed by atoms with E-state index in [1.807, 2.05) is 7.05 Å². The Hall–Kier alpha value is -2.28. The number of nitrogens with one attached hydrogen (secondary N) is 3. The van der Waals surface area contributed by atoms with E-state index in [9.17, 15) is 9.59 Å².